The molecule has 0 bridgehead atoms. The molecule has 1 aromatic heterocycles. The molecule has 3 nitrogen and oxygen atoms in total. The fourth-order valence-electron chi connectivity index (χ4n) is 2.11. The number of hydrogen-bond acceptors (Lipinski definition) is 3. The van der Waals surface area contributed by atoms with Crippen LogP contribution in [0.1, 0.15) is 11.6 Å². The van der Waals surface area contributed by atoms with Gasteiger partial charge in [0.05, 0.1) is 16.1 Å². The highest BCUT2D eigenvalue weighted by Gasteiger charge is 2.27. The Morgan fingerprint density at radius 1 is 1.25 bits per heavy atom. The van der Waals surface area contributed by atoms with E-state index in [0.717, 1.165) is 26.2 Å². The minimum absolute atomic E-state index is 0. The van der Waals surface area contributed by atoms with Crippen LogP contribution in [0, 0.1) is 0 Å². The van der Waals surface area contributed by atoms with Gasteiger partial charge < -0.3 is 5.32 Å². The van der Waals surface area contributed by atoms with Crippen molar-refractivity contribution in [1.82, 2.24) is 15.2 Å². The number of nitrogens with zero attached hydrogens (tertiary/aromatic N) is 2. The van der Waals surface area contributed by atoms with Crippen LogP contribution in [-0.2, 0) is 0 Å². The van der Waals surface area contributed by atoms with Crippen molar-refractivity contribution in [2.24, 2.45) is 0 Å². The molecule has 0 aliphatic carbocycles. The number of rotatable bonds is 3. The molecule has 1 fully saturated rings. The van der Waals surface area contributed by atoms with E-state index in [1.807, 2.05) is 4.90 Å². The first-order valence-corrected chi connectivity index (χ1v) is 6.78. The minimum atomic E-state index is -0.556. The highest BCUT2D eigenvalue weighted by molar-refractivity contribution is 6.43. The molecule has 0 spiro atoms. The number of aromatic nitrogens is 1. The molecule has 20 heavy (non-hydrogen) atoms. The molecule has 0 amide bonds. The van der Waals surface area contributed by atoms with Crippen molar-refractivity contribution in [1.29, 1.82) is 0 Å². The summed E-state index contributed by atoms with van der Waals surface area (Å²) in [5.74, 6) is 0. The topological polar surface area (TPSA) is 28.2 Å². The molecule has 1 aliphatic heterocycles. The highest BCUT2D eigenvalue weighted by Crippen LogP contribution is 2.37. The smallest absolute Gasteiger partial charge is 0.148 e. The first-order valence-electron chi connectivity index (χ1n) is 5.65. The summed E-state index contributed by atoms with van der Waals surface area (Å²) in [4.78, 5) is 5.86. The van der Waals surface area contributed by atoms with E-state index in [1.165, 1.54) is 6.20 Å². The van der Waals surface area contributed by atoms with Gasteiger partial charge in [-0.15, -0.1) is 24.8 Å². The van der Waals surface area contributed by atoms with Crippen LogP contribution in [0.25, 0.3) is 0 Å². The average Bonchev–Trinajstić information content (AvgIpc) is 2.40. The van der Waals surface area contributed by atoms with E-state index in [4.69, 9.17) is 34.8 Å². The number of pyridine rings is 1. The fourth-order valence-corrected chi connectivity index (χ4v) is 2.86. The summed E-state index contributed by atoms with van der Waals surface area (Å²) in [6, 6.07) is -0.465. The Kier molecular flexibility index (Phi) is 9.68. The zero-order valence-electron chi connectivity index (χ0n) is 10.4. The summed E-state index contributed by atoms with van der Waals surface area (Å²) in [7, 11) is 0. The third-order valence-electron chi connectivity index (χ3n) is 3.04. The lowest BCUT2D eigenvalue weighted by Gasteiger charge is -2.34. The summed E-state index contributed by atoms with van der Waals surface area (Å²) in [6.45, 7) is 2.59. The predicted molar refractivity (Wildman–Crippen MR) is 86.9 cm³/mol. The lowest BCUT2D eigenvalue weighted by atomic mass is 10.1. The van der Waals surface area contributed by atoms with Gasteiger partial charge in [0.15, 0.2) is 0 Å². The predicted octanol–water partition coefficient (Wildman–Crippen LogP) is 3.80. The minimum Gasteiger partial charge on any atom is -0.314 e. The van der Waals surface area contributed by atoms with Crippen molar-refractivity contribution in [3.8, 4) is 0 Å². The molecule has 1 aromatic rings. The summed E-state index contributed by atoms with van der Waals surface area (Å²) < 4.78 is 13.4. The zero-order chi connectivity index (χ0) is 13.1. The molecule has 116 valence electrons. The van der Waals surface area contributed by atoms with Crippen LogP contribution in [0.4, 0.5) is 4.39 Å². The van der Waals surface area contributed by atoms with Gasteiger partial charge in [0.2, 0.25) is 0 Å². The molecule has 0 saturated carbocycles. The van der Waals surface area contributed by atoms with E-state index in [1.54, 1.807) is 0 Å². The third-order valence-corrected chi connectivity index (χ3v) is 4.10. The summed E-state index contributed by atoms with van der Waals surface area (Å²) in [5, 5.41) is 3.97. The maximum absolute atomic E-state index is 13.4. The quantitative estimate of drug-likeness (QED) is 0.802. The highest BCUT2D eigenvalue weighted by atomic mass is 35.5. The molecular formula is C11H15Cl5FN3. The second-order valence-corrected chi connectivity index (χ2v) is 5.22. The molecule has 1 N–H and O–H groups in total. The van der Waals surface area contributed by atoms with E-state index < -0.39 is 12.7 Å². The van der Waals surface area contributed by atoms with E-state index in [2.05, 4.69) is 10.3 Å². The second kappa shape index (κ2) is 9.46. The maximum atomic E-state index is 13.4. The third kappa shape index (κ3) is 4.47. The monoisotopic (exact) mass is 383 g/mol. The van der Waals surface area contributed by atoms with Gasteiger partial charge in [-0.3, -0.25) is 4.90 Å². The summed E-state index contributed by atoms with van der Waals surface area (Å²) in [5.41, 5.74) is 0.530. The molecule has 1 saturated heterocycles. The first kappa shape index (κ1) is 20.5. The van der Waals surface area contributed by atoms with Gasteiger partial charge in [0.1, 0.15) is 11.8 Å². The molecule has 2 heterocycles. The van der Waals surface area contributed by atoms with Gasteiger partial charge in [-0.05, 0) is 0 Å². The van der Waals surface area contributed by atoms with Crippen molar-refractivity contribution < 1.29 is 4.39 Å². The van der Waals surface area contributed by atoms with E-state index in [9.17, 15) is 4.39 Å². The van der Waals surface area contributed by atoms with E-state index in [-0.39, 0.29) is 35.0 Å². The SMILES string of the molecule is Cl.Cl.FC[C@H](c1c(Cl)cnc(Cl)c1Cl)N1CCNCC1. The van der Waals surface area contributed by atoms with Gasteiger partial charge in [-0.2, -0.15) is 0 Å². The molecule has 1 aliphatic rings. The number of alkyl halides is 1. The lowest BCUT2D eigenvalue weighted by molar-refractivity contribution is 0.147. The van der Waals surface area contributed by atoms with Crippen molar-refractivity contribution >= 4 is 59.6 Å². The molecule has 2 rings (SSSR count). The van der Waals surface area contributed by atoms with Crippen molar-refractivity contribution in [2.75, 3.05) is 32.9 Å². The molecule has 0 aromatic carbocycles. The van der Waals surface area contributed by atoms with Crippen LogP contribution in [0.15, 0.2) is 6.20 Å². The summed E-state index contributed by atoms with van der Waals surface area (Å²) >= 11 is 18.1. The molecule has 9 heteroatoms. The number of hydrogen-bond donors (Lipinski definition) is 1. The largest absolute Gasteiger partial charge is 0.314 e. The first-order chi connectivity index (χ1) is 8.65. The number of nitrogens with one attached hydrogen (secondary N) is 1. The Morgan fingerprint density at radius 3 is 2.40 bits per heavy atom. The van der Waals surface area contributed by atoms with Crippen LogP contribution in [0.2, 0.25) is 15.2 Å². The van der Waals surface area contributed by atoms with Crippen LogP contribution < -0.4 is 5.32 Å². The maximum Gasteiger partial charge on any atom is 0.148 e. The van der Waals surface area contributed by atoms with Crippen LogP contribution in [-0.4, -0.2) is 42.7 Å². The molecule has 0 radical (unpaired) electrons. The van der Waals surface area contributed by atoms with Crippen LogP contribution in [0.5, 0.6) is 0 Å². The van der Waals surface area contributed by atoms with E-state index >= 15 is 0 Å². The molecular weight excluding hydrogens is 370 g/mol. The Morgan fingerprint density at radius 2 is 1.85 bits per heavy atom. The van der Waals surface area contributed by atoms with Crippen molar-refractivity contribution in [3.05, 3.63) is 27.0 Å². The van der Waals surface area contributed by atoms with Gasteiger partial charge in [-0.25, -0.2) is 9.37 Å². The van der Waals surface area contributed by atoms with Gasteiger partial charge in [-0.1, -0.05) is 34.8 Å². The summed E-state index contributed by atoms with van der Waals surface area (Å²) in [6.07, 6.45) is 1.41. The molecule has 0 unspecified atom stereocenters. The standard InChI is InChI=1S/C11H13Cl3FN3.2ClH/c12-7-6-17-11(14)10(13)9(7)8(5-15)18-3-1-16-2-4-18;;/h6,8,16H,1-5H2;2*1H/t8-;;/m1../s1. The van der Waals surface area contributed by atoms with Gasteiger partial charge in [0.25, 0.3) is 0 Å². The van der Waals surface area contributed by atoms with Gasteiger partial charge in [0, 0.05) is 37.9 Å². The van der Waals surface area contributed by atoms with Crippen LogP contribution in [0.3, 0.4) is 0 Å². The number of piperazine rings is 1. The Labute approximate surface area is 145 Å². The van der Waals surface area contributed by atoms with E-state index in [0.29, 0.717) is 10.6 Å². The van der Waals surface area contributed by atoms with Crippen molar-refractivity contribution in [3.63, 3.8) is 0 Å². The van der Waals surface area contributed by atoms with Crippen molar-refractivity contribution in [2.45, 2.75) is 6.04 Å². The normalized spacial score (nSPS) is 17.0. The molecule has 1 atom stereocenters. The zero-order valence-corrected chi connectivity index (χ0v) is 14.3. The Balaban J connectivity index is 0.00000180. The van der Waals surface area contributed by atoms with Gasteiger partial charge >= 0.3 is 0 Å². The number of halogens is 6. The average molecular weight is 386 g/mol. The Bertz CT molecular complexity index is 429. The Hall–Kier alpha value is 0.450. The lowest BCUT2D eigenvalue weighted by Crippen LogP contribution is -2.45. The second-order valence-electron chi connectivity index (χ2n) is 4.08. The fraction of sp³-hybridized carbons (Fsp3) is 0.545. The van der Waals surface area contributed by atoms with Crippen LogP contribution >= 0.6 is 59.6 Å².